The van der Waals surface area contributed by atoms with Crippen LogP contribution in [-0.4, -0.2) is 135 Å². The number of benzene rings is 5. The van der Waals surface area contributed by atoms with Crippen molar-refractivity contribution >= 4 is 72.3 Å². The van der Waals surface area contributed by atoms with E-state index in [1.54, 1.807) is 25.2 Å². The first-order valence-electron chi connectivity index (χ1n) is 29.2. The highest BCUT2D eigenvalue weighted by atomic mass is 79.9. The lowest BCUT2D eigenvalue weighted by Gasteiger charge is -2.26. The minimum atomic E-state index is -0.121. The van der Waals surface area contributed by atoms with E-state index in [1.165, 1.54) is 48.4 Å². The summed E-state index contributed by atoms with van der Waals surface area (Å²) in [4.78, 5) is 42.3. The number of thiophene rings is 1. The molecule has 9 rings (SSSR count). The second-order valence-corrected chi connectivity index (χ2v) is 24.1. The van der Waals surface area contributed by atoms with Crippen molar-refractivity contribution in [1.29, 1.82) is 0 Å². The summed E-state index contributed by atoms with van der Waals surface area (Å²) in [5.41, 5.74) is 18.2. The molecule has 83 heavy (non-hydrogen) atoms. The number of imidazole rings is 2. The minimum absolute atomic E-state index is 0.0146. The van der Waals surface area contributed by atoms with Crippen molar-refractivity contribution < 1.29 is 30.0 Å². The lowest BCUT2D eigenvalue weighted by Crippen LogP contribution is -2.31. The Morgan fingerprint density at radius 2 is 1.13 bits per heavy atom. The standard InChI is InChI=1S/C37H49N5O3.C28H34BrN5O3S/c1-28-8-6-9-30(24-28)27-38-34(25-29(2)45)32-12-15-36-35(26-32)39-37(42(36)19-7-18-40-16-4-3-5-17-40)31-10-13-33(14-11-31)41(20-22-43)21-23-44;1-19(37)16-24(31-18-23-7-9-27(29)38-23)21-4-8-26-25(17-21)32-28(34(26)11-10-30)20-2-5-22(6-3-20)33(12-14-35)13-15-36/h6,8-15,24,26,34,38,43-44H,3-5,7,16-23,25,27H2,1-2H3;2-9,17,24,31,35-36H,10-16,18,30H2,1H3. The average Bonchev–Trinajstić information content (AvgIpc) is 4.37. The van der Waals surface area contributed by atoms with Crippen molar-refractivity contribution in [2.75, 3.05) is 88.6 Å². The van der Waals surface area contributed by atoms with Gasteiger partial charge >= 0.3 is 0 Å². The number of hydrogen-bond donors (Lipinski definition) is 7. The Balaban J connectivity index is 0.000000220. The van der Waals surface area contributed by atoms with E-state index in [2.05, 4.69) is 126 Å². The zero-order chi connectivity index (χ0) is 58.7. The first kappa shape index (κ1) is 62.9. The molecule has 1 aliphatic heterocycles. The monoisotopic (exact) mass is 1210 g/mol. The molecule has 0 radical (unpaired) electrons. The summed E-state index contributed by atoms with van der Waals surface area (Å²) in [7, 11) is 0. The maximum absolute atomic E-state index is 12.3. The number of nitrogens with two attached hydrogens (primary N) is 1. The molecule has 2 atom stereocenters. The van der Waals surface area contributed by atoms with E-state index >= 15 is 0 Å². The first-order valence-corrected chi connectivity index (χ1v) is 30.8. The van der Waals surface area contributed by atoms with Gasteiger partial charge in [0.2, 0.25) is 0 Å². The quantitative estimate of drug-likeness (QED) is 0.0224. The van der Waals surface area contributed by atoms with Gasteiger partial charge in [-0.15, -0.1) is 11.3 Å². The Labute approximate surface area is 501 Å². The van der Waals surface area contributed by atoms with Crippen molar-refractivity contribution in [3.8, 4) is 22.8 Å². The van der Waals surface area contributed by atoms with Crippen molar-refractivity contribution in [1.82, 2.24) is 34.6 Å². The molecule has 18 heteroatoms. The van der Waals surface area contributed by atoms with E-state index in [0.29, 0.717) is 65.2 Å². The molecule has 1 fully saturated rings. The number of rotatable bonds is 30. The predicted octanol–water partition coefficient (Wildman–Crippen LogP) is 9.58. The lowest BCUT2D eigenvalue weighted by molar-refractivity contribution is -0.118. The fraction of sp³-hybridized carbons (Fsp3) is 0.415. The number of aliphatic hydroxyl groups excluding tert-OH is 4. The molecule has 16 nitrogen and oxygen atoms in total. The number of aryl methyl sites for hydroxylation is 2. The normalized spacial score (nSPS) is 13.5. The summed E-state index contributed by atoms with van der Waals surface area (Å²) in [6, 6.07) is 41.2. The molecule has 1 aliphatic rings. The number of carbonyl (C=O) groups excluding carboxylic acids is 2. The number of nitrogens with zero attached hydrogens (tertiary/aromatic N) is 7. The summed E-state index contributed by atoms with van der Waals surface area (Å²) in [5.74, 6) is 2.03. The molecule has 8 N–H and O–H groups in total. The van der Waals surface area contributed by atoms with Crippen molar-refractivity contribution in [2.45, 2.75) is 97.6 Å². The minimum Gasteiger partial charge on any atom is -0.395 e. The summed E-state index contributed by atoms with van der Waals surface area (Å²) >= 11 is 5.19. The van der Waals surface area contributed by atoms with Gasteiger partial charge in [0.25, 0.3) is 0 Å². The number of nitrogens with one attached hydrogen (secondary N) is 2. The van der Waals surface area contributed by atoms with Crippen LogP contribution in [0.5, 0.6) is 0 Å². The topological polar surface area (TPSA) is 210 Å². The van der Waals surface area contributed by atoms with Gasteiger partial charge in [-0.25, -0.2) is 9.97 Å². The lowest BCUT2D eigenvalue weighted by atomic mass is 10.0. The Hall–Kier alpha value is -6.16. The number of aromatic nitrogens is 4. The molecule has 0 saturated carbocycles. The number of carbonyl (C=O) groups is 2. The van der Waals surface area contributed by atoms with E-state index in [9.17, 15) is 30.0 Å². The van der Waals surface area contributed by atoms with Crippen LogP contribution in [0, 0.1) is 6.92 Å². The molecule has 0 spiro atoms. The first-order chi connectivity index (χ1) is 40.4. The van der Waals surface area contributed by atoms with Gasteiger partial charge in [-0.05, 0) is 177 Å². The van der Waals surface area contributed by atoms with E-state index in [-0.39, 0.29) is 50.1 Å². The zero-order valence-corrected chi connectivity index (χ0v) is 50.8. The second-order valence-electron chi connectivity index (χ2n) is 21.6. The zero-order valence-electron chi connectivity index (χ0n) is 48.4. The molecule has 0 aliphatic carbocycles. The van der Waals surface area contributed by atoms with Crippen LogP contribution < -0.4 is 26.2 Å². The van der Waals surface area contributed by atoms with E-state index in [4.69, 9.17) is 15.7 Å². The Morgan fingerprint density at radius 1 is 0.627 bits per heavy atom. The smallest absolute Gasteiger partial charge is 0.141 e. The third-order valence-corrected chi connectivity index (χ3v) is 16.9. The fourth-order valence-corrected chi connectivity index (χ4v) is 12.6. The van der Waals surface area contributed by atoms with Gasteiger partial charge in [-0.3, -0.25) is 9.59 Å². The Bertz CT molecular complexity index is 3310. The van der Waals surface area contributed by atoms with Crippen LogP contribution in [0.2, 0.25) is 0 Å². The van der Waals surface area contributed by atoms with E-state index < -0.39 is 0 Å². The third-order valence-electron chi connectivity index (χ3n) is 15.2. The number of likely N-dealkylation sites (tertiary alicyclic amines) is 1. The van der Waals surface area contributed by atoms with Crippen LogP contribution in [-0.2, 0) is 35.8 Å². The molecule has 0 amide bonds. The van der Waals surface area contributed by atoms with Crippen molar-refractivity contribution in [3.63, 3.8) is 0 Å². The molecule has 4 heterocycles. The summed E-state index contributed by atoms with van der Waals surface area (Å²) in [6.45, 7) is 14.1. The number of piperidine rings is 1. The number of anilines is 2. The van der Waals surface area contributed by atoms with E-state index in [0.717, 1.165) is 90.6 Å². The number of fused-ring (bicyclic) bond motifs is 2. The molecule has 3 aromatic heterocycles. The largest absolute Gasteiger partial charge is 0.395 e. The molecule has 8 aromatic rings. The third kappa shape index (κ3) is 17.5. The highest BCUT2D eigenvalue weighted by Gasteiger charge is 2.22. The van der Waals surface area contributed by atoms with Crippen molar-refractivity contribution in [3.05, 3.63) is 152 Å². The molecular formula is C65H83BrN10O6S. The van der Waals surface area contributed by atoms with Gasteiger partial charge in [-0.1, -0.05) is 48.4 Å². The van der Waals surface area contributed by atoms with Gasteiger partial charge < -0.3 is 60.6 Å². The number of Topliss-reactive ketones (excluding diaryl/α,β-unsaturated/α-hetero) is 2. The molecule has 2 unspecified atom stereocenters. The van der Waals surface area contributed by atoms with Crippen molar-refractivity contribution in [2.24, 2.45) is 5.73 Å². The van der Waals surface area contributed by atoms with Crippen LogP contribution in [0.15, 0.2) is 125 Å². The number of halogens is 1. The number of ketones is 2. The highest BCUT2D eigenvalue weighted by molar-refractivity contribution is 9.11. The molecular weight excluding hydrogens is 1130 g/mol. The maximum Gasteiger partial charge on any atom is 0.141 e. The second kappa shape index (κ2) is 31.7. The highest BCUT2D eigenvalue weighted by Crippen LogP contribution is 2.33. The molecule has 442 valence electrons. The number of hydrogen-bond acceptors (Lipinski definition) is 15. The number of aliphatic hydroxyl groups is 4. The Morgan fingerprint density at radius 3 is 1.59 bits per heavy atom. The predicted molar refractivity (Wildman–Crippen MR) is 340 cm³/mol. The fourth-order valence-electron chi connectivity index (χ4n) is 11.2. The summed E-state index contributed by atoms with van der Waals surface area (Å²) in [6.07, 6.45) is 5.77. The Kier molecular flexibility index (Phi) is 24.0. The van der Waals surface area contributed by atoms with Gasteiger partial charge in [0, 0.05) is 111 Å². The average molecular weight is 1210 g/mol. The van der Waals surface area contributed by atoms with Crippen LogP contribution in [0.4, 0.5) is 11.4 Å². The van der Waals surface area contributed by atoms with Crippen LogP contribution >= 0.6 is 27.3 Å². The van der Waals surface area contributed by atoms with Crippen LogP contribution in [0.1, 0.15) is 91.6 Å². The van der Waals surface area contributed by atoms with Gasteiger partial charge in [-0.2, -0.15) is 0 Å². The molecule has 1 saturated heterocycles. The van der Waals surface area contributed by atoms with Gasteiger partial charge in [0.15, 0.2) is 0 Å². The molecule has 5 aromatic carbocycles. The van der Waals surface area contributed by atoms with Crippen LogP contribution in [0.3, 0.4) is 0 Å². The van der Waals surface area contributed by atoms with Gasteiger partial charge in [0.05, 0.1) is 52.3 Å². The summed E-state index contributed by atoms with van der Waals surface area (Å²) in [5, 5.41) is 44.9. The van der Waals surface area contributed by atoms with Crippen LogP contribution in [0.25, 0.3) is 44.8 Å². The van der Waals surface area contributed by atoms with Gasteiger partial charge in [0.1, 0.15) is 23.2 Å². The summed E-state index contributed by atoms with van der Waals surface area (Å²) < 4.78 is 5.56. The SMILES string of the molecule is CC(=O)CC(NCc1ccc(Br)s1)c1ccc2c(c1)nc(-c1ccc(N(CCO)CCO)cc1)n2CCN.CC(=O)CC(NCc1cccc(C)c1)c1ccc2c(c1)nc(-c1ccc(N(CCO)CCO)cc1)n2CCCN1CCCCC1. The van der Waals surface area contributed by atoms with E-state index in [1.807, 2.05) is 52.3 Å². The molecule has 0 bridgehead atoms. The maximum atomic E-state index is 12.3.